The third-order valence-corrected chi connectivity index (χ3v) is 7.94. The van der Waals surface area contributed by atoms with Crippen molar-refractivity contribution in [3.63, 3.8) is 0 Å². The predicted molar refractivity (Wildman–Crippen MR) is 138 cm³/mol. The van der Waals surface area contributed by atoms with Gasteiger partial charge in [-0.2, -0.15) is 8.42 Å². The fraction of sp³-hybridized carbons (Fsp3) is 0.0435. The Balaban J connectivity index is 1.49. The molecule has 1 aliphatic heterocycles. The minimum Gasteiger partial charge on any atom is -0.378 e. The summed E-state index contributed by atoms with van der Waals surface area (Å²) in [6.45, 7) is -0.0287. The van der Waals surface area contributed by atoms with Crippen molar-refractivity contribution in [2.24, 2.45) is 0 Å². The molecule has 3 aromatic carbocycles. The minimum absolute atomic E-state index is 0.0287. The molecule has 0 bridgehead atoms. The maximum atomic E-state index is 12.8. The Labute approximate surface area is 223 Å². The summed E-state index contributed by atoms with van der Waals surface area (Å²) in [5, 5.41) is 10.7. The van der Waals surface area contributed by atoms with E-state index >= 15 is 0 Å². The van der Waals surface area contributed by atoms with Crippen LogP contribution in [0.25, 0.3) is 6.08 Å². The monoisotopic (exact) mass is 608 g/mol. The van der Waals surface area contributed by atoms with Crippen molar-refractivity contribution in [3.05, 3.63) is 102 Å². The molecular weight excluding hydrogens is 596 g/mol. The van der Waals surface area contributed by atoms with Crippen molar-refractivity contribution in [2.75, 3.05) is 0 Å². The topological polar surface area (TPSA) is 124 Å². The molecule has 0 unspecified atom stereocenters. The molecule has 1 heterocycles. The van der Waals surface area contributed by atoms with E-state index in [-0.39, 0.29) is 27.8 Å². The lowest BCUT2D eigenvalue weighted by molar-refractivity contribution is -0.384. The number of hydrogen-bond acceptors (Lipinski definition) is 8. The van der Waals surface area contributed by atoms with Crippen LogP contribution in [0.2, 0.25) is 5.02 Å². The first-order chi connectivity index (χ1) is 17.0. The van der Waals surface area contributed by atoms with E-state index in [0.29, 0.717) is 20.6 Å². The summed E-state index contributed by atoms with van der Waals surface area (Å²) in [4.78, 5) is 36.6. The molecule has 0 aliphatic carbocycles. The van der Waals surface area contributed by atoms with E-state index in [2.05, 4.69) is 15.9 Å². The molecule has 0 spiro atoms. The lowest BCUT2D eigenvalue weighted by atomic mass is 10.2. The van der Waals surface area contributed by atoms with E-state index in [4.69, 9.17) is 15.8 Å². The highest BCUT2D eigenvalue weighted by Gasteiger charge is 2.35. The Morgan fingerprint density at radius 3 is 2.33 bits per heavy atom. The van der Waals surface area contributed by atoms with E-state index < -0.39 is 26.2 Å². The van der Waals surface area contributed by atoms with Crippen LogP contribution >= 0.6 is 39.3 Å². The SMILES string of the molecule is O=C1S/C(=C\c2ccc(OS(=O)(=O)c3ccc(Cl)cc3)c(Br)c2)C(=O)N1Cc1ccc([N+](=O)[O-])cc1. The number of nitrogens with zero attached hydrogens (tertiary/aromatic N) is 2. The smallest absolute Gasteiger partial charge is 0.339 e. The van der Waals surface area contributed by atoms with Crippen molar-refractivity contribution >= 4 is 72.3 Å². The molecule has 1 fully saturated rings. The second-order valence-corrected chi connectivity index (χ2v) is 11.2. The lowest BCUT2D eigenvalue weighted by Gasteiger charge is -2.12. The van der Waals surface area contributed by atoms with Crippen molar-refractivity contribution in [2.45, 2.75) is 11.4 Å². The quantitative estimate of drug-likeness (QED) is 0.138. The van der Waals surface area contributed by atoms with E-state index in [0.717, 1.165) is 16.7 Å². The van der Waals surface area contributed by atoms with Crippen molar-refractivity contribution in [1.82, 2.24) is 4.90 Å². The van der Waals surface area contributed by atoms with E-state index in [9.17, 15) is 28.1 Å². The van der Waals surface area contributed by atoms with Crippen molar-refractivity contribution < 1.29 is 27.1 Å². The van der Waals surface area contributed by atoms with Crippen LogP contribution in [0.3, 0.4) is 0 Å². The van der Waals surface area contributed by atoms with Gasteiger partial charge in [-0.15, -0.1) is 0 Å². The second kappa shape index (κ2) is 10.4. The van der Waals surface area contributed by atoms with Gasteiger partial charge >= 0.3 is 10.1 Å². The standard InChI is InChI=1S/C23H14BrClN2O7S2/c24-19-11-15(3-10-20(19)34-36(32,33)18-8-4-16(25)5-9-18)12-21-22(28)26(23(29)35-21)13-14-1-6-17(7-2-14)27(30)31/h1-12H,13H2/b21-12-. The van der Waals surface area contributed by atoms with Gasteiger partial charge in [0.1, 0.15) is 4.90 Å². The second-order valence-electron chi connectivity index (χ2n) is 7.37. The third-order valence-electron chi connectivity index (χ3n) is 4.92. The van der Waals surface area contributed by atoms with Gasteiger partial charge in [0.2, 0.25) is 0 Å². The van der Waals surface area contributed by atoms with Gasteiger partial charge in [0, 0.05) is 17.2 Å². The summed E-state index contributed by atoms with van der Waals surface area (Å²) < 4.78 is 30.6. The van der Waals surface area contributed by atoms with Gasteiger partial charge in [0.05, 0.1) is 20.8 Å². The summed E-state index contributed by atoms with van der Waals surface area (Å²) in [5.74, 6) is -0.474. The average molecular weight is 610 g/mol. The average Bonchev–Trinajstić information content (AvgIpc) is 3.08. The molecule has 4 rings (SSSR count). The molecule has 0 atom stereocenters. The Morgan fingerprint density at radius 2 is 1.72 bits per heavy atom. The molecule has 36 heavy (non-hydrogen) atoms. The summed E-state index contributed by atoms with van der Waals surface area (Å²) in [6.07, 6.45) is 1.50. The van der Waals surface area contributed by atoms with Crippen LogP contribution in [0.4, 0.5) is 10.5 Å². The van der Waals surface area contributed by atoms with Crippen LogP contribution in [0.1, 0.15) is 11.1 Å². The number of hydrogen-bond donors (Lipinski definition) is 0. The molecule has 13 heteroatoms. The molecule has 184 valence electrons. The zero-order valence-corrected chi connectivity index (χ0v) is 21.9. The molecular formula is C23H14BrClN2O7S2. The number of nitro benzene ring substituents is 1. The van der Waals surface area contributed by atoms with Crippen LogP contribution in [0, 0.1) is 10.1 Å². The highest BCUT2D eigenvalue weighted by atomic mass is 79.9. The first-order valence-corrected chi connectivity index (χ1v) is 13.4. The fourth-order valence-corrected chi connectivity index (χ4v) is 5.63. The minimum atomic E-state index is -4.10. The molecule has 0 radical (unpaired) electrons. The Hall–Kier alpha value is -3.19. The Kier molecular flexibility index (Phi) is 7.50. The van der Waals surface area contributed by atoms with Gasteiger partial charge in [-0.1, -0.05) is 29.8 Å². The molecule has 0 aromatic heterocycles. The van der Waals surface area contributed by atoms with Crippen molar-refractivity contribution in [1.29, 1.82) is 0 Å². The molecule has 2 amide bonds. The lowest BCUT2D eigenvalue weighted by Crippen LogP contribution is -2.27. The van der Waals surface area contributed by atoms with Gasteiger partial charge in [-0.05, 0) is 81.3 Å². The first-order valence-electron chi connectivity index (χ1n) is 10.0. The molecule has 3 aromatic rings. The molecule has 1 saturated heterocycles. The largest absolute Gasteiger partial charge is 0.378 e. The molecule has 0 saturated carbocycles. The number of carbonyl (C=O) groups is 2. The van der Waals surface area contributed by atoms with Gasteiger partial charge < -0.3 is 4.18 Å². The number of nitro groups is 1. The molecule has 9 nitrogen and oxygen atoms in total. The van der Waals surface area contributed by atoms with Gasteiger partial charge in [0.15, 0.2) is 5.75 Å². The number of rotatable bonds is 7. The summed E-state index contributed by atoms with van der Waals surface area (Å²) in [7, 11) is -4.10. The number of thioether (sulfide) groups is 1. The highest BCUT2D eigenvalue weighted by molar-refractivity contribution is 9.10. The predicted octanol–water partition coefficient (Wildman–Crippen LogP) is 6.01. The van der Waals surface area contributed by atoms with Gasteiger partial charge in [-0.25, -0.2) is 0 Å². The van der Waals surface area contributed by atoms with Crippen LogP contribution < -0.4 is 4.18 Å². The number of halogens is 2. The first kappa shape index (κ1) is 25.9. The van der Waals surface area contributed by atoms with Crippen molar-refractivity contribution in [3.8, 4) is 5.75 Å². The van der Waals surface area contributed by atoms with E-state index in [1.165, 1.54) is 60.7 Å². The zero-order valence-electron chi connectivity index (χ0n) is 18.0. The Morgan fingerprint density at radius 1 is 1.06 bits per heavy atom. The highest BCUT2D eigenvalue weighted by Crippen LogP contribution is 2.35. The zero-order chi connectivity index (χ0) is 26.0. The maximum Gasteiger partial charge on any atom is 0.339 e. The fourth-order valence-electron chi connectivity index (χ4n) is 3.14. The summed E-state index contributed by atoms with van der Waals surface area (Å²) in [5.41, 5.74) is 1.00. The van der Waals surface area contributed by atoms with Crippen LogP contribution in [-0.4, -0.2) is 29.4 Å². The molecule has 0 N–H and O–H groups in total. The number of imide groups is 1. The number of carbonyl (C=O) groups excluding carboxylic acids is 2. The van der Waals surface area contributed by atoms with Gasteiger partial charge in [-0.3, -0.25) is 24.6 Å². The van der Waals surface area contributed by atoms with Crippen LogP contribution in [0.5, 0.6) is 5.75 Å². The van der Waals surface area contributed by atoms with E-state index in [1.807, 2.05) is 0 Å². The number of non-ortho nitro benzene ring substituents is 1. The third kappa shape index (κ3) is 5.78. The Bertz CT molecular complexity index is 1510. The normalized spacial score (nSPS) is 14.9. The number of benzene rings is 3. The van der Waals surface area contributed by atoms with Gasteiger partial charge in [0.25, 0.3) is 16.8 Å². The summed E-state index contributed by atoms with van der Waals surface area (Å²) in [6, 6.07) is 15.6. The number of amides is 2. The van der Waals surface area contributed by atoms with Crippen LogP contribution in [-0.2, 0) is 21.5 Å². The summed E-state index contributed by atoms with van der Waals surface area (Å²) >= 11 is 9.83. The maximum absolute atomic E-state index is 12.8. The van der Waals surface area contributed by atoms with E-state index in [1.54, 1.807) is 12.1 Å². The molecule has 1 aliphatic rings. The van der Waals surface area contributed by atoms with Crippen LogP contribution in [0.15, 0.2) is 81.0 Å².